The standard InChI is InChI=1S/C16H26O2/c1-9-11(15(3,4)5)14(18)12(16(6,7)8)10(2)13(9)17/h17-18H,1-8H3. The smallest absolute Gasteiger partial charge is 0.123 e. The molecule has 1 aromatic carbocycles. The molecular weight excluding hydrogens is 224 g/mol. The first kappa shape index (κ1) is 14.9. The van der Waals surface area contributed by atoms with Gasteiger partial charge in [-0.05, 0) is 35.8 Å². The summed E-state index contributed by atoms with van der Waals surface area (Å²) in [6.45, 7) is 16.1. The lowest BCUT2D eigenvalue weighted by atomic mass is 9.75. The summed E-state index contributed by atoms with van der Waals surface area (Å²) >= 11 is 0. The van der Waals surface area contributed by atoms with Crippen LogP contribution in [0.2, 0.25) is 0 Å². The van der Waals surface area contributed by atoms with Crippen molar-refractivity contribution in [1.29, 1.82) is 0 Å². The molecule has 0 spiro atoms. The molecule has 0 aliphatic heterocycles. The SMILES string of the molecule is Cc1c(O)c(C)c(C(C)(C)C)c(O)c1C(C)(C)C. The van der Waals surface area contributed by atoms with Crippen LogP contribution in [0.4, 0.5) is 0 Å². The zero-order valence-corrected chi connectivity index (χ0v) is 12.9. The molecule has 0 amide bonds. The van der Waals surface area contributed by atoms with Gasteiger partial charge in [-0.1, -0.05) is 41.5 Å². The summed E-state index contributed by atoms with van der Waals surface area (Å²) in [4.78, 5) is 0. The fourth-order valence-electron chi connectivity index (χ4n) is 2.83. The highest BCUT2D eigenvalue weighted by atomic mass is 16.3. The van der Waals surface area contributed by atoms with E-state index in [-0.39, 0.29) is 10.8 Å². The minimum Gasteiger partial charge on any atom is -0.507 e. The van der Waals surface area contributed by atoms with Crippen molar-refractivity contribution in [3.63, 3.8) is 0 Å². The van der Waals surface area contributed by atoms with Gasteiger partial charge in [0.2, 0.25) is 0 Å². The number of hydrogen-bond donors (Lipinski definition) is 2. The van der Waals surface area contributed by atoms with E-state index in [1.807, 2.05) is 13.8 Å². The van der Waals surface area contributed by atoms with E-state index in [2.05, 4.69) is 41.5 Å². The third-order valence-electron chi connectivity index (χ3n) is 3.43. The highest BCUT2D eigenvalue weighted by molar-refractivity contribution is 5.61. The van der Waals surface area contributed by atoms with Gasteiger partial charge in [-0.25, -0.2) is 0 Å². The molecule has 0 radical (unpaired) electrons. The van der Waals surface area contributed by atoms with Crippen LogP contribution in [0.3, 0.4) is 0 Å². The molecule has 2 heteroatoms. The van der Waals surface area contributed by atoms with Crippen molar-refractivity contribution < 1.29 is 10.2 Å². The highest BCUT2D eigenvalue weighted by Gasteiger charge is 2.31. The minimum atomic E-state index is -0.195. The summed E-state index contributed by atoms with van der Waals surface area (Å²) in [7, 11) is 0. The molecule has 0 atom stereocenters. The van der Waals surface area contributed by atoms with Crippen LogP contribution in [0.1, 0.15) is 63.8 Å². The number of hydrogen-bond acceptors (Lipinski definition) is 2. The van der Waals surface area contributed by atoms with E-state index in [0.29, 0.717) is 11.5 Å². The van der Waals surface area contributed by atoms with E-state index in [9.17, 15) is 10.2 Å². The van der Waals surface area contributed by atoms with Crippen LogP contribution in [-0.4, -0.2) is 10.2 Å². The van der Waals surface area contributed by atoms with Crippen molar-refractivity contribution in [1.82, 2.24) is 0 Å². The van der Waals surface area contributed by atoms with Gasteiger partial charge in [0.15, 0.2) is 0 Å². The average molecular weight is 250 g/mol. The second kappa shape index (κ2) is 4.18. The van der Waals surface area contributed by atoms with Crippen LogP contribution in [0, 0.1) is 13.8 Å². The number of phenols is 2. The van der Waals surface area contributed by atoms with Crippen LogP contribution in [0.15, 0.2) is 0 Å². The predicted molar refractivity (Wildman–Crippen MR) is 76.6 cm³/mol. The van der Waals surface area contributed by atoms with Crippen molar-refractivity contribution >= 4 is 0 Å². The first-order valence-electron chi connectivity index (χ1n) is 6.45. The molecule has 2 nitrogen and oxygen atoms in total. The summed E-state index contributed by atoms with van der Waals surface area (Å²) in [5.74, 6) is 0.644. The van der Waals surface area contributed by atoms with E-state index >= 15 is 0 Å². The molecule has 0 saturated heterocycles. The molecule has 18 heavy (non-hydrogen) atoms. The van der Waals surface area contributed by atoms with Gasteiger partial charge >= 0.3 is 0 Å². The molecule has 0 aliphatic rings. The molecule has 0 unspecified atom stereocenters. The lowest BCUT2D eigenvalue weighted by molar-refractivity contribution is 0.406. The van der Waals surface area contributed by atoms with E-state index in [0.717, 1.165) is 22.3 Å². The maximum atomic E-state index is 10.6. The molecule has 0 saturated carbocycles. The minimum absolute atomic E-state index is 0.195. The topological polar surface area (TPSA) is 40.5 Å². The van der Waals surface area contributed by atoms with Crippen molar-refractivity contribution in [2.75, 3.05) is 0 Å². The molecule has 1 rings (SSSR count). The van der Waals surface area contributed by atoms with E-state index < -0.39 is 0 Å². The number of rotatable bonds is 0. The van der Waals surface area contributed by atoms with Gasteiger partial charge in [0, 0.05) is 11.1 Å². The molecule has 2 N–H and O–H groups in total. The Morgan fingerprint density at radius 1 is 0.611 bits per heavy atom. The Morgan fingerprint density at radius 2 is 0.889 bits per heavy atom. The van der Waals surface area contributed by atoms with Crippen molar-refractivity contribution in [3.8, 4) is 11.5 Å². The largest absolute Gasteiger partial charge is 0.507 e. The summed E-state index contributed by atoms with van der Waals surface area (Å²) in [5.41, 5.74) is 2.86. The second-order valence-electron chi connectivity index (χ2n) is 7.20. The van der Waals surface area contributed by atoms with Gasteiger partial charge in [-0.2, -0.15) is 0 Å². The molecule has 0 bridgehead atoms. The van der Waals surface area contributed by atoms with Crippen LogP contribution >= 0.6 is 0 Å². The Labute approximate surface area is 111 Å². The zero-order valence-electron chi connectivity index (χ0n) is 12.9. The Bertz CT molecular complexity index is 430. The zero-order chi connectivity index (χ0) is 14.5. The van der Waals surface area contributed by atoms with Crippen LogP contribution in [-0.2, 0) is 10.8 Å². The molecule has 0 heterocycles. The Morgan fingerprint density at radius 3 is 1.11 bits per heavy atom. The molecule has 0 aliphatic carbocycles. The molecule has 0 aromatic heterocycles. The van der Waals surface area contributed by atoms with Gasteiger partial charge in [0.25, 0.3) is 0 Å². The molecule has 0 fully saturated rings. The van der Waals surface area contributed by atoms with E-state index in [4.69, 9.17) is 0 Å². The summed E-state index contributed by atoms with van der Waals surface area (Å²) in [5, 5.41) is 20.9. The Balaban J connectivity index is 3.83. The number of benzene rings is 1. The average Bonchev–Trinajstić information content (AvgIpc) is 2.09. The normalized spacial score (nSPS) is 12.9. The molecule has 102 valence electrons. The van der Waals surface area contributed by atoms with Crippen molar-refractivity contribution in [2.45, 2.75) is 66.2 Å². The Kier molecular flexibility index (Phi) is 3.46. The third kappa shape index (κ3) is 2.33. The number of phenolic OH excluding ortho intramolecular Hbond substituents is 2. The number of aromatic hydroxyl groups is 2. The summed E-state index contributed by atoms with van der Waals surface area (Å²) in [6, 6.07) is 0. The van der Waals surface area contributed by atoms with E-state index in [1.54, 1.807) is 0 Å². The predicted octanol–water partition coefficient (Wildman–Crippen LogP) is 4.31. The van der Waals surface area contributed by atoms with Gasteiger partial charge in [-0.3, -0.25) is 0 Å². The maximum Gasteiger partial charge on any atom is 0.123 e. The molecule has 1 aromatic rings. The molecular formula is C16H26O2. The lowest BCUT2D eigenvalue weighted by Gasteiger charge is -2.31. The summed E-state index contributed by atoms with van der Waals surface area (Å²) < 4.78 is 0. The fourth-order valence-corrected chi connectivity index (χ4v) is 2.83. The van der Waals surface area contributed by atoms with Crippen LogP contribution < -0.4 is 0 Å². The van der Waals surface area contributed by atoms with Crippen molar-refractivity contribution in [2.24, 2.45) is 0 Å². The first-order chi connectivity index (χ1) is 7.89. The second-order valence-corrected chi connectivity index (χ2v) is 7.20. The summed E-state index contributed by atoms with van der Waals surface area (Å²) in [6.07, 6.45) is 0. The lowest BCUT2D eigenvalue weighted by Crippen LogP contribution is -2.20. The van der Waals surface area contributed by atoms with E-state index in [1.165, 1.54) is 0 Å². The van der Waals surface area contributed by atoms with Gasteiger partial charge < -0.3 is 10.2 Å². The van der Waals surface area contributed by atoms with Crippen LogP contribution in [0.25, 0.3) is 0 Å². The quantitative estimate of drug-likeness (QED) is 0.674. The highest BCUT2D eigenvalue weighted by Crippen LogP contribution is 2.46. The Hall–Kier alpha value is -1.18. The third-order valence-corrected chi connectivity index (χ3v) is 3.43. The fraction of sp³-hybridized carbons (Fsp3) is 0.625. The monoisotopic (exact) mass is 250 g/mol. The van der Waals surface area contributed by atoms with Gasteiger partial charge in [0.05, 0.1) is 0 Å². The van der Waals surface area contributed by atoms with Gasteiger partial charge in [-0.15, -0.1) is 0 Å². The first-order valence-corrected chi connectivity index (χ1v) is 6.45. The maximum absolute atomic E-state index is 10.6. The van der Waals surface area contributed by atoms with Crippen molar-refractivity contribution in [3.05, 3.63) is 22.3 Å². The van der Waals surface area contributed by atoms with Gasteiger partial charge in [0.1, 0.15) is 11.5 Å². The van der Waals surface area contributed by atoms with Crippen LogP contribution in [0.5, 0.6) is 11.5 Å².